The Morgan fingerprint density at radius 1 is 1.19 bits per heavy atom. The molecule has 5 heterocycles. The Labute approximate surface area is 205 Å². The Balaban J connectivity index is 1.31. The molecule has 0 spiro atoms. The molecule has 0 aromatic carbocycles. The van der Waals surface area contributed by atoms with Gasteiger partial charge in [-0.25, -0.2) is 18.3 Å². The average Bonchev–Trinajstić information content (AvgIpc) is 3.16. The minimum atomic E-state index is -0.681. The van der Waals surface area contributed by atoms with Crippen molar-refractivity contribution in [3.63, 3.8) is 0 Å². The maximum atomic E-state index is 14.9. The Kier molecular flexibility index (Phi) is 5.94. The lowest BCUT2D eigenvalue weighted by Gasteiger charge is -2.48. The summed E-state index contributed by atoms with van der Waals surface area (Å²) in [4.78, 5) is 37.3. The van der Waals surface area contributed by atoms with Gasteiger partial charge in [-0.05, 0) is 19.8 Å². The molecule has 2 amide bonds. The lowest BCUT2D eigenvalue weighted by molar-refractivity contribution is -0.162. The van der Waals surface area contributed by atoms with Crippen LogP contribution in [0, 0.1) is 17.6 Å². The number of piperidine rings is 1. The van der Waals surface area contributed by atoms with Crippen molar-refractivity contribution in [2.75, 3.05) is 49.2 Å². The lowest BCUT2D eigenvalue weighted by atomic mass is 9.90. The number of rotatable bonds is 5. The fourth-order valence-corrected chi connectivity index (χ4v) is 4.83. The molecule has 0 aliphatic carbocycles. The summed E-state index contributed by atoms with van der Waals surface area (Å²) < 4.78 is 34.9. The first-order chi connectivity index (χ1) is 17.2. The van der Waals surface area contributed by atoms with E-state index in [1.807, 2.05) is 6.92 Å². The third-order valence-corrected chi connectivity index (χ3v) is 6.83. The molecule has 11 nitrogen and oxygen atoms in total. The molecule has 0 saturated carbocycles. The molecule has 3 N–H and O–H groups in total. The SMILES string of the molecule is COC1(C)CN(C(=O)C2CCN(c3c(F)cncc3NC(=O)c3c(N)nn4cc(F)cnc34)CC2)C1. The Morgan fingerprint density at radius 3 is 2.61 bits per heavy atom. The first-order valence-electron chi connectivity index (χ1n) is 11.5. The van der Waals surface area contributed by atoms with E-state index in [4.69, 9.17) is 10.5 Å². The first-order valence-corrected chi connectivity index (χ1v) is 11.5. The van der Waals surface area contributed by atoms with Gasteiger partial charge in [0.2, 0.25) is 5.91 Å². The number of amides is 2. The zero-order chi connectivity index (χ0) is 25.6. The van der Waals surface area contributed by atoms with Crippen molar-refractivity contribution in [1.29, 1.82) is 0 Å². The zero-order valence-corrected chi connectivity index (χ0v) is 19.9. The molecule has 2 aliphatic heterocycles. The van der Waals surface area contributed by atoms with Crippen LogP contribution in [0.1, 0.15) is 30.1 Å². The standard InChI is InChI=1S/C23H26F2N8O3/c1-23(36-2)11-32(12-23)22(35)13-3-5-31(6-4-13)18-15(25)8-27-9-16(18)29-21(34)17-19(26)30-33-10-14(24)7-28-20(17)33/h7-10,13H,3-6,11-12H2,1-2H3,(H2,26,30)(H,29,34). The van der Waals surface area contributed by atoms with E-state index in [2.05, 4.69) is 20.4 Å². The van der Waals surface area contributed by atoms with E-state index in [1.54, 1.807) is 16.9 Å². The molecule has 0 unspecified atom stereocenters. The highest BCUT2D eigenvalue weighted by Crippen LogP contribution is 2.34. The summed E-state index contributed by atoms with van der Waals surface area (Å²) in [5.41, 5.74) is 5.90. The Hall–Kier alpha value is -3.87. The third-order valence-electron chi connectivity index (χ3n) is 6.83. The normalized spacial score (nSPS) is 17.8. The molecule has 3 aromatic rings. The number of pyridine rings is 1. The highest BCUT2D eigenvalue weighted by atomic mass is 19.1. The van der Waals surface area contributed by atoms with Crippen LogP contribution in [-0.4, -0.2) is 75.2 Å². The highest BCUT2D eigenvalue weighted by Gasteiger charge is 2.43. The van der Waals surface area contributed by atoms with E-state index in [1.165, 1.54) is 6.20 Å². The number of carbonyl (C=O) groups is 2. The van der Waals surface area contributed by atoms with Crippen LogP contribution in [0.2, 0.25) is 0 Å². The fourth-order valence-electron chi connectivity index (χ4n) is 4.83. The van der Waals surface area contributed by atoms with Crippen molar-refractivity contribution in [1.82, 2.24) is 24.5 Å². The number of nitrogens with zero attached hydrogens (tertiary/aromatic N) is 6. The van der Waals surface area contributed by atoms with E-state index >= 15 is 0 Å². The van der Waals surface area contributed by atoms with Crippen LogP contribution in [0.15, 0.2) is 24.8 Å². The summed E-state index contributed by atoms with van der Waals surface area (Å²) >= 11 is 0. The van der Waals surface area contributed by atoms with Gasteiger partial charge in [-0.15, -0.1) is 5.10 Å². The second-order valence-corrected chi connectivity index (χ2v) is 9.38. The number of methoxy groups -OCH3 is 1. The average molecular weight is 501 g/mol. The quantitative estimate of drug-likeness (QED) is 0.541. The van der Waals surface area contributed by atoms with E-state index in [0.29, 0.717) is 39.0 Å². The number of fused-ring (bicyclic) bond motifs is 1. The number of anilines is 3. The highest BCUT2D eigenvalue weighted by molar-refractivity contribution is 6.12. The number of halogens is 2. The molecule has 2 aliphatic rings. The molecule has 0 atom stereocenters. The zero-order valence-electron chi connectivity index (χ0n) is 19.9. The van der Waals surface area contributed by atoms with Crippen LogP contribution in [0.4, 0.5) is 26.0 Å². The monoisotopic (exact) mass is 500 g/mol. The van der Waals surface area contributed by atoms with Crippen LogP contribution >= 0.6 is 0 Å². The van der Waals surface area contributed by atoms with Gasteiger partial charge in [0.25, 0.3) is 5.91 Å². The molecule has 5 rings (SSSR count). The topological polar surface area (TPSA) is 131 Å². The molecule has 2 saturated heterocycles. The van der Waals surface area contributed by atoms with Crippen LogP contribution in [0.5, 0.6) is 0 Å². The first kappa shape index (κ1) is 23.9. The predicted molar refractivity (Wildman–Crippen MR) is 126 cm³/mol. The number of likely N-dealkylation sites (tertiary alicyclic amines) is 1. The third kappa shape index (κ3) is 4.19. The summed E-state index contributed by atoms with van der Waals surface area (Å²) in [6, 6.07) is 0. The van der Waals surface area contributed by atoms with Crippen LogP contribution < -0.4 is 16.0 Å². The maximum absolute atomic E-state index is 14.9. The fraction of sp³-hybridized carbons (Fsp3) is 0.435. The minimum Gasteiger partial charge on any atom is -0.381 e. The van der Waals surface area contributed by atoms with Gasteiger partial charge in [0, 0.05) is 26.1 Å². The van der Waals surface area contributed by atoms with Crippen molar-refractivity contribution >= 4 is 34.7 Å². The summed E-state index contributed by atoms with van der Waals surface area (Å²) in [7, 11) is 1.64. The molecule has 13 heteroatoms. The van der Waals surface area contributed by atoms with Crippen molar-refractivity contribution in [2.24, 2.45) is 5.92 Å². The number of carbonyl (C=O) groups excluding carboxylic acids is 2. The molecular weight excluding hydrogens is 474 g/mol. The summed E-state index contributed by atoms with van der Waals surface area (Å²) in [6.45, 7) is 3.94. The number of nitrogens with two attached hydrogens (primary N) is 1. The van der Waals surface area contributed by atoms with Gasteiger partial charge < -0.3 is 25.6 Å². The van der Waals surface area contributed by atoms with Gasteiger partial charge in [-0.2, -0.15) is 0 Å². The number of nitrogens with one attached hydrogen (secondary N) is 1. The van der Waals surface area contributed by atoms with E-state index in [0.717, 1.165) is 23.1 Å². The minimum absolute atomic E-state index is 0.0622. The maximum Gasteiger partial charge on any atom is 0.263 e. The van der Waals surface area contributed by atoms with Gasteiger partial charge in [0.15, 0.2) is 23.1 Å². The van der Waals surface area contributed by atoms with E-state index in [-0.39, 0.29) is 45.8 Å². The predicted octanol–water partition coefficient (Wildman–Crippen LogP) is 1.70. The second-order valence-electron chi connectivity index (χ2n) is 9.38. The van der Waals surface area contributed by atoms with Crippen LogP contribution in [0.3, 0.4) is 0 Å². The smallest absolute Gasteiger partial charge is 0.263 e. The van der Waals surface area contributed by atoms with Crippen molar-refractivity contribution in [2.45, 2.75) is 25.4 Å². The number of hydrogen-bond acceptors (Lipinski definition) is 8. The van der Waals surface area contributed by atoms with Gasteiger partial charge in [0.05, 0.1) is 49.2 Å². The molecule has 36 heavy (non-hydrogen) atoms. The summed E-state index contributed by atoms with van der Waals surface area (Å²) in [5.74, 6) is -2.15. The lowest BCUT2D eigenvalue weighted by Crippen LogP contribution is -2.64. The van der Waals surface area contributed by atoms with Crippen LogP contribution in [0.25, 0.3) is 5.65 Å². The Bertz CT molecular complexity index is 1330. The van der Waals surface area contributed by atoms with Crippen molar-refractivity contribution in [3.8, 4) is 0 Å². The second kappa shape index (κ2) is 8.97. The van der Waals surface area contributed by atoms with Gasteiger partial charge in [-0.1, -0.05) is 0 Å². The number of hydrogen-bond donors (Lipinski definition) is 2. The van der Waals surface area contributed by atoms with E-state index < -0.39 is 17.5 Å². The number of nitrogen functional groups attached to an aromatic ring is 1. The summed E-state index contributed by atoms with van der Waals surface area (Å²) in [5, 5.41) is 6.56. The molecular formula is C23H26F2N8O3. The molecule has 3 aromatic heterocycles. The summed E-state index contributed by atoms with van der Waals surface area (Å²) in [6.07, 6.45) is 5.50. The van der Waals surface area contributed by atoms with Gasteiger partial charge in [-0.3, -0.25) is 14.6 Å². The van der Waals surface area contributed by atoms with E-state index in [9.17, 15) is 18.4 Å². The largest absolute Gasteiger partial charge is 0.381 e. The van der Waals surface area contributed by atoms with Crippen LogP contribution in [-0.2, 0) is 9.53 Å². The molecule has 0 bridgehead atoms. The molecule has 2 fully saturated rings. The van der Waals surface area contributed by atoms with Gasteiger partial charge >= 0.3 is 0 Å². The van der Waals surface area contributed by atoms with Crippen molar-refractivity contribution < 1.29 is 23.1 Å². The van der Waals surface area contributed by atoms with Crippen molar-refractivity contribution in [3.05, 3.63) is 42.0 Å². The Morgan fingerprint density at radius 2 is 1.92 bits per heavy atom. The molecule has 190 valence electrons. The molecule has 0 radical (unpaired) electrons. The van der Waals surface area contributed by atoms with Gasteiger partial charge in [0.1, 0.15) is 11.3 Å². The number of ether oxygens (including phenoxy) is 1. The number of aromatic nitrogens is 4.